The Hall–Kier alpha value is -6.11. The van der Waals surface area contributed by atoms with Crippen molar-refractivity contribution >= 4 is 47.0 Å². The van der Waals surface area contributed by atoms with E-state index in [2.05, 4.69) is 29.5 Å². The number of rotatable bonds is 15. The third-order valence-electron chi connectivity index (χ3n) is 9.31. The molecule has 54 heavy (non-hydrogen) atoms. The number of anilines is 2. The molecule has 0 saturated heterocycles. The van der Waals surface area contributed by atoms with E-state index >= 15 is 0 Å². The molecule has 4 heterocycles. The maximum Gasteiger partial charge on any atom is 0.354 e. The van der Waals surface area contributed by atoms with Crippen molar-refractivity contribution < 1.29 is 33.4 Å². The molecular formula is C41H46N6O7. The Bertz CT molecular complexity index is 2090. The van der Waals surface area contributed by atoms with Crippen molar-refractivity contribution in [3.05, 3.63) is 90.2 Å². The summed E-state index contributed by atoms with van der Waals surface area (Å²) in [6.45, 7) is 4.91. The van der Waals surface area contributed by atoms with Gasteiger partial charge in [-0.2, -0.15) is 0 Å². The summed E-state index contributed by atoms with van der Waals surface area (Å²) < 4.78 is 20.3. The predicted molar refractivity (Wildman–Crippen MR) is 207 cm³/mol. The lowest BCUT2D eigenvalue weighted by Crippen LogP contribution is -2.32. The van der Waals surface area contributed by atoms with Crippen molar-refractivity contribution in [3.63, 3.8) is 0 Å². The Balaban J connectivity index is 0.979. The number of carbonyl (C=O) groups is 4. The Morgan fingerprint density at radius 2 is 1.67 bits per heavy atom. The molecule has 0 spiro atoms. The Kier molecular flexibility index (Phi) is 11.6. The van der Waals surface area contributed by atoms with E-state index in [-0.39, 0.29) is 42.8 Å². The zero-order chi connectivity index (χ0) is 38.4. The summed E-state index contributed by atoms with van der Waals surface area (Å²) in [5, 5.41) is 5.76. The van der Waals surface area contributed by atoms with Gasteiger partial charge < -0.3 is 38.9 Å². The molecule has 2 aliphatic rings. The molecule has 0 unspecified atom stereocenters. The van der Waals surface area contributed by atoms with E-state index in [1.165, 1.54) is 7.11 Å². The highest BCUT2D eigenvalue weighted by molar-refractivity contribution is 6.05. The SMILES string of the molecule is COc1cc2c(cc1OCCCC(=O)Nc1cc(C(=O)Nc3ccc(-c4cc(C(=O)OCCCC(C)C)n(C)c4)cc3)n(C)c1)N=C[C@H]1CC=CN1C2=O. The Labute approximate surface area is 314 Å². The van der Waals surface area contributed by atoms with Crippen LogP contribution in [0.5, 0.6) is 11.5 Å². The van der Waals surface area contributed by atoms with Gasteiger partial charge in [0.05, 0.1) is 43.3 Å². The number of nitrogens with one attached hydrogen (secondary N) is 2. The second kappa shape index (κ2) is 16.7. The second-order valence-electron chi connectivity index (χ2n) is 13.9. The van der Waals surface area contributed by atoms with Gasteiger partial charge in [-0.1, -0.05) is 32.1 Å². The van der Waals surface area contributed by atoms with Crippen LogP contribution in [0, 0.1) is 5.92 Å². The molecule has 3 amide bonds. The van der Waals surface area contributed by atoms with Gasteiger partial charge in [0.1, 0.15) is 11.4 Å². The van der Waals surface area contributed by atoms with E-state index < -0.39 is 0 Å². The third kappa shape index (κ3) is 8.74. The third-order valence-corrected chi connectivity index (χ3v) is 9.31. The maximum absolute atomic E-state index is 13.2. The van der Waals surface area contributed by atoms with Crippen LogP contribution < -0.4 is 20.1 Å². The van der Waals surface area contributed by atoms with Gasteiger partial charge in [-0.25, -0.2) is 4.79 Å². The molecule has 0 bridgehead atoms. The van der Waals surface area contributed by atoms with Gasteiger partial charge in [-0.05, 0) is 67.5 Å². The first-order valence-corrected chi connectivity index (χ1v) is 18.1. The number of ether oxygens (including phenoxy) is 3. The molecule has 2 aromatic carbocycles. The maximum atomic E-state index is 13.2. The number of hydrogen-bond acceptors (Lipinski definition) is 8. The zero-order valence-electron chi connectivity index (χ0n) is 31.3. The van der Waals surface area contributed by atoms with Crippen LogP contribution in [-0.4, -0.2) is 70.3 Å². The number of amides is 3. The molecule has 4 aromatic rings. The monoisotopic (exact) mass is 734 g/mol. The normalized spacial score (nSPS) is 14.4. The highest BCUT2D eigenvalue weighted by atomic mass is 16.5. The standard InChI is InChI=1S/C41H46N6O7/c1-26(2)9-7-18-54-41(51)35-19-28(24-45(35)3)27-12-14-29(15-13-27)44-39(49)34-20-30(25-46(34)4)43-38(48)11-8-17-53-37-22-33-32(21-36(37)52-5)40(50)47-16-6-10-31(47)23-42-33/h6,12-16,19-26,31H,7-11,17-18H2,1-5H3,(H,43,48)(H,44,49)/t31-/m1/s1. The summed E-state index contributed by atoms with van der Waals surface area (Å²) in [6, 6.07) is 14.0. The number of fused-ring (bicyclic) bond motifs is 2. The van der Waals surface area contributed by atoms with Gasteiger partial charge in [0, 0.05) is 62.6 Å². The Morgan fingerprint density at radius 3 is 2.43 bits per heavy atom. The molecule has 0 radical (unpaired) electrons. The van der Waals surface area contributed by atoms with Gasteiger partial charge in [0.15, 0.2) is 11.5 Å². The number of aliphatic imine (C=N–C) groups is 1. The number of aryl methyl sites for hydroxylation is 2. The molecule has 0 aliphatic carbocycles. The van der Waals surface area contributed by atoms with E-state index in [9.17, 15) is 19.2 Å². The quantitative estimate of drug-likeness (QED) is 0.0977. The number of nitrogens with zero attached hydrogens (tertiary/aromatic N) is 4. The molecule has 13 heteroatoms. The molecule has 2 aliphatic heterocycles. The minimum Gasteiger partial charge on any atom is -0.493 e. The highest BCUT2D eigenvalue weighted by Gasteiger charge is 2.30. The van der Waals surface area contributed by atoms with Crippen LogP contribution in [0.2, 0.25) is 0 Å². The largest absolute Gasteiger partial charge is 0.493 e. The minimum atomic E-state index is -0.351. The summed E-state index contributed by atoms with van der Waals surface area (Å²) in [4.78, 5) is 57.8. The lowest BCUT2D eigenvalue weighted by Gasteiger charge is -2.19. The average Bonchev–Trinajstić information content (AvgIpc) is 3.87. The average molecular weight is 735 g/mol. The molecule has 2 N–H and O–H groups in total. The molecule has 0 fully saturated rings. The lowest BCUT2D eigenvalue weighted by atomic mass is 10.1. The van der Waals surface area contributed by atoms with Crippen molar-refractivity contribution in [2.45, 2.75) is 52.0 Å². The van der Waals surface area contributed by atoms with Crippen molar-refractivity contribution in [1.29, 1.82) is 0 Å². The first-order valence-electron chi connectivity index (χ1n) is 18.1. The fourth-order valence-electron chi connectivity index (χ4n) is 6.39. The van der Waals surface area contributed by atoms with E-state index in [1.54, 1.807) is 76.1 Å². The smallest absolute Gasteiger partial charge is 0.354 e. The lowest BCUT2D eigenvalue weighted by molar-refractivity contribution is -0.116. The summed E-state index contributed by atoms with van der Waals surface area (Å²) in [5.41, 5.74) is 4.61. The van der Waals surface area contributed by atoms with E-state index in [1.807, 2.05) is 31.5 Å². The first-order chi connectivity index (χ1) is 26.0. The molecule has 1 atom stereocenters. The minimum absolute atomic E-state index is 0.105. The summed E-state index contributed by atoms with van der Waals surface area (Å²) in [5.74, 6) is 0.345. The van der Waals surface area contributed by atoms with Crippen LogP contribution in [-0.2, 0) is 23.6 Å². The molecular weight excluding hydrogens is 688 g/mol. The first kappa shape index (κ1) is 37.6. The van der Waals surface area contributed by atoms with Crippen molar-refractivity contribution in [3.8, 4) is 22.6 Å². The number of benzene rings is 2. The topological polar surface area (TPSA) is 145 Å². The van der Waals surface area contributed by atoms with Crippen LogP contribution in [0.15, 0.2) is 78.2 Å². The van der Waals surface area contributed by atoms with Gasteiger partial charge >= 0.3 is 5.97 Å². The molecule has 0 saturated carbocycles. The summed E-state index contributed by atoms with van der Waals surface area (Å²) in [6.07, 6.45) is 12.2. The molecule has 282 valence electrons. The molecule has 13 nitrogen and oxygen atoms in total. The van der Waals surface area contributed by atoms with Crippen LogP contribution in [0.1, 0.15) is 77.3 Å². The summed E-state index contributed by atoms with van der Waals surface area (Å²) in [7, 11) is 5.05. The zero-order valence-corrected chi connectivity index (χ0v) is 31.3. The van der Waals surface area contributed by atoms with E-state index in [0.29, 0.717) is 64.5 Å². The van der Waals surface area contributed by atoms with Gasteiger partial charge in [-0.3, -0.25) is 19.4 Å². The summed E-state index contributed by atoms with van der Waals surface area (Å²) >= 11 is 0. The van der Waals surface area contributed by atoms with E-state index in [4.69, 9.17) is 14.2 Å². The molecule has 6 rings (SSSR count). The van der Waals surface area contributed by atoms with Crippen molar-refractivity contribution in [2.24, 2.45) is 25.0 Å². The van der Waals surface area contributed by atoms with Crippen LogP contribution in [0.4, 0.5) is 17.1 Å². The predicted octanol–water partition coefficient (Wildman–Crippen LogP) is 7.13. The van der Waals surface area contributed by atoms with Crippen LogP contribution >= 0.6 is 0 Å². The van der Waals surface area contributed by atoms with Crippen molar-refractivity contribution in [2.75, 3.05) is 31.0 Å². The number of esters is 1. The van der Waals surface area contributed by atoms with Gasteiger partial charge in [-0.15, -0.1) is 0 Å². The van der Waals surface area contributed by atoms with E-state index in [0.717, 1.165) is 30.4 Å². The number of carbonyl (C=O) groups excluding carboxylic acids is 4. The van der Waals surface area contributed by atoms with Crippen LogP contribution in [0.25, 0.3) is 11.1 Å². The number of aromatic nitrogens is 2. The number of hydrogen-bond donors (Lipinski definition) is 2. The van der Waals surface area contributed by atoms with Gasteiger partial charge in [0.2, 0.25) is 5.91 Å². The fraction of sp³-hybridized carbons (Fsp3) is 0.341. The number of methoxy groups -OCH3 is 1. The molecule has 2 aromatic heterocycles. The second-order valence-corrected chi connectivity index (χ2v) is 13.9. The van der Waals surface area contributed by atoms with Crippen LogP contribution in [0.3, 0.4) is 0 Å². The van der Waals surface area contributed by atoms with Crippen molar-refractivity contribution in [1.82, 2.24) is 14.0 Å². The van der Waals surface area contributed by atoms with Gasteiger partial charge in [0.25, 0.3) is 11.8 Å². The fourth-order valence-corrected chi connectivity index (χ4v) is 6.39. The highest BCUT2D eigenvalue weighted by Crippen LogP contribution is 2.38. The Morgan fingerprint density at radius 1 is 0.889 bits per heavy atom.